The standard InChI is InChI=1S/C9H8O4/c1-5(10)9-12-7-4-2-3-6(11)8(7)13-9/h2-4,9,11H,1H3. The normalized spacial score (nSPS) is 18.7. The zero-order chi connectivity index (χ0) is 9.42. The van der Waals surface area contributed by atoms with Gasteiger partial charge in [0.25, 0.3) is 0 Å². The Morgan fingerprint density at radius 3 is 2.85 bits per heavy atom. The zero-order valence-electron chi connectivity index (χ0n) is 6.98. The molecule has 13 heavy (non-hydrogen) atoms. The minimum absolute atomic E-state index is 0.0127. The molecule has 1 N–H and O–H groups in total. The van der Waals surface area contributed by atoms with E-state index in [0.29, 0.717) is 5.75 Å². The van der Waals surface area contributed by atoms with E-state index >= 15 is 0 Å². The number of benzene rings is 1. The summed E-state index contributed by atoms with van der Waals surface area (Å²) in [7, 11) is 0. The molecule has 0 saturated heterocycles. The number of fused-ring (bicyclic) bond motifs is 1. The Kier molecular flexibility index (Phi) is 1.62. The number of rotatable bonds is 1. The van der Waals surface area contributed by atoms with Gasteiger partial charge in [-0.1, -0.05) is 6.07 Å². The van der Waals surface area contributed by atoms with Crippen LogP contribution < -0.4 is 9.47 Å². The molecule has 68 valence electrons. The van der Waals surface area contributed by atoms with Crippen LogP contribution in [-0.4, -0.2) is 17.2 Å². The van der Waals surface area contributed by atoms with E-state index in [1.54, 1.807) is 12.1 Å². The van der Waals surface area contributed by atoms with Gasteiger partial charge in [0.1, 0.15) is 0 Å². The quantitative estimate of drug-likeness (QED) is 0.702. The lowest BCUT2D eigenvalue weighted by atomic mass is 10.3. The fraction of sp³-hybridized carbons (Fsp3) is 0.222. The van der Waals surface area contributed by atoms with Gasteiger partial charge in [0, 0.05) is 6.92 Å². The van der Waals surface area contributed by atoms with E-state index in [1.807, 2.05) is 0 Å². The zero-order valence-corrected chi connectivity index (χ0v) is 6.98. The third-order valence-corrected chi connectivity index (χ3v) is 1.75. The lowest BCUT2D eigenvalue weighted by Crippen LogP contribution is -2.26. The molecule has 1 aliphatic heterocycles. The minimum Gasteiger partial charge on any atom is -0.504 e. The van der Waals surface area contributed by atoms with Crippen LogP contribution in [0.15, 0.2) is 18.2 Å². The SMILES string of the molecule is CC(=O)C1Oc2cccc(O)c2O1. The monoisotopic (exact) mass is 180 g/mol. The van der Waals surface area contributed by atoms with Crippen LogP contribution >= 0.6 is 0 Å². The lowest BCUT2D eigenvalue weighted by Gasteiger charge is -2.04. The van der Waals surface area contributed by atoms with Gasteiger partial charge in [0.15, 0.2) is 11.5 Å². The first-order valence-corrected chi connectivity index (χ1v) is 3.84. The number of hydrogen-bond donors (Lipinski definition) is 1. The van der Waals surface area contributed by atoms with Crippen molar-refractivity contribution in [1.29, 1.82) is 0 Å². The number of ketones is 1. The van der Waals surface area contributed by atoms with E-state index in [4.69, 9.17) is 9.47 Å². The number of phenolic OH excluding ortho intramolecular Hbond substituents is 1. The highest BCUT2D eigenvalue weighted by atomic mass is 16.7. The fourth-order valence-corrected chi connectivity index (χ4v) is 1.13. The molecule has 0 saturated carbocycles. The summed E-state index contributed by atoms with van der Waals surface area (Å²) in [5.74, 6) is 0.403. The summed E-state index contributed by atoms with van der Waals surface area (Å²) in [6, 6.07) is 4.74. The molecule has 0 radical (unpaired) electrons. The summed E-state index contributed by atoms with van der Waals surface area (Å²) in [6.07, 6.45) is -0.914. The van der Waals surface area contributed by atoms with E-state index < -0.39 is 6.29 Å². The van der Waals surface area contributed by atoms with Crippen molar-refractivity contribution in [2.45, 2.75) is 13.2 Å². The summed E-state index contributed by atoms with van der Waals surface area (Å²) in [5.41, 5.74) is 0. The van der Waals surface area contributed by atoms with Crippen molar-refractivity contribution in [3.05, 3.63) is 18.2 Å². The van der Waals surface area contributed by atoms with E-state index in [1.165, 1.54) is 13.0 Å². The van der Waals surface area contributed by atoms with Gasteiger partial charge in [-0.25, -0.2) is 0 Å². The van der Waals surface area contributed by atoms with E-state index in [2.05, 4.69) is 0 Å². The van der Waals surface area contributed by atoms with E-state index in [-0.39, 0.29) is 17.3 Å². The molecule has 0 aromatic heterocycles. The highest BCUT2D eigenvalue weighted by molar-refractivity contribution is 5.81. The predicted molar refractivity (Wildman–Crippen MR) is 43.8 cm³/mol. The second-order valence-electron chi connectivity index (χ2n) is 2.78. The number of aromatic hydroxyl groups is 1. The largest absolute Gasteiger partial charge is 0.504 e. The smallest absolute Gasteiger partial charge is 0.300 e. The van der Waals surface area contributed by atoms with Crippen LogP contribution in [0, 0.1) is 0 Å². The van der Waals surface area contributed by atoms with Crippen LogP contribution in [-0.2, 0) is 4.79 Å². The number of phenols is 1. The fourth-order valence-electron chi connectivity index (χ4n) is 1.13. The Balaban J connectivity index is 2.35. The third-order valence-electron chi connectivity index (χ3n) is 1.75. The summed E-state index contributed by atoms with van der Waals surface area (Å²) in [5, 5.41) is 9.31. The maximum atomic E-state index is 10.9. The maximum Gasteiger partial charge on any atom is 0.300 e. The van der Waals surface area contributed by atoms with Crippen LogP contribution in [0.25, 0.3) is 0 Å². The molecule has 0 spiro atoms. The summed E-state index contributed by atoms with van der Waals surface area (Å²) in [4.78, 5) is 10.9. The van der Waals surface area contributed by atoms with Gasteiger partial charge in [0.2, 0.25) is 11.5 Å². The lowest BCUT2D eigenvalue weighted by molar-refractivity contribution is -0.132. The Hall–Kier alpha value is -1.71. The number of ether oxygens (including phenoxy) is 2. The Morgan fingerprint density at radius 1 is 1.46 bits per heavy atom. The molecular formula is C9H8O4. The van der Waals surface area contributed by atoms with Crippen molar-refractivity contribution in [3.8, 4) is 17.2 Å². The highest BCUT2D eigenvalue weighted by Gasteiger charge is 2.29. The number of carbonyl (C=O) groups excluding carboxylic acids is 1. The molecule has 1 atom stereocenters. The van der Waals surface area contributed by atoms with Crippen molar-refractivity contribution in [3.63, 3.8) is 0 Å². The highest BCUT2D eigenvalue weighted by Crippen LogP contribution is 2.41. The molecule has 1 aromatic carbocycles. The first-order chi connectivity index (χ1) is 6.18. The molecule has 0 fully saturated rings. The average molecular weight is 180 g/mol. The van der Waals surface area contributed by atoms with Gasteiger partial charge in [-0.05, 0) is 12.1 Å². The first kappa shape index (κ1) is 7.91. The van der Waals surface area contributed by atoms with Crippen molar-refractivity contribution in [2.24, 2.45) is 0 Å². The molecular weight excluding hydrogens is 172 g/mol. The van der Waals surface area contributed by atoms with Crippen LogP contribution in [0.2, 0.25) is 0 Å². The third kappa shape index (κ3) is 1.20. The Morgan fingerprint density at radius 2 is 2.23 bits per heavy atom. The molecule has 1 heterocycles. The maximum absolute atomic E-state index is 10.9. The van der Waals surface area contributed by atoms with Crippen molar-refractivity contribution < 1.29 is 19.4 Å². The van der Waals surface area contributed by atoms with Gasteiger partial charge in [0.05, 0.1) is 0 Å². The van der Waals surface area contributed by atoms with Gasteiger partial charge < -0.3 is 14.6 Å². The average Bonchev–Trinajstić information content (AvgIpc) is 2.49. The summed E-state index contributed by atoms with van der Waals surface area (Å²) < 4.78 is 10.2. The number of carbonyl (C=O) groups is 1. The molecule has 4 heteroatoms. The molecule has 1 aliphatic rings. The molecule has 0 amide bonds. The number of Topliss-reactive ketones (excluding diaryl/α,β-unsaturated/α-hetero) is 1. The Bertz CT molecular complexity index is 359. The molecule has 0 aliphatic carbocycles. The Labute approximate surface area is 74.7 Å². The predicted octanol–water partition coefficient (Wildman–Crippen LogP) is 1.08. The van der Waals surface area contributed by atoms with Crippen LogP contribution in [0.4, 0.5) is 0 Å². The van der Waals surface area contributed by atoms with Gasteiger partial charge >= 0.3 is 6.29 Å². The molecule has 2 rings (SSSR count). The number of hydrogen-bond acceptors (Lipinski definition) is 4. The van der Waals surface area contributed by atoms with E-state index in [9.17, 15) is 9.90 Å². The minimum atomic E-state index is -0.914. The van der Waals surface area contributed by atoms with Crippen LogP contribution in [0.5, 0.6) is 17.2 Å². The second kappa shape index (κ2) is 2.65. The van der Waals surface area contributed by atoms with E-state index in [0.717, 1.165) is 0 Å². The first-order valence-electron chi connectivity index (χ1n) is 3.84. The van der Waals surface area contributed by atoms with Crippen molar-refractivity contribution in [2.75, 3.05) is 0 Å². The van der Waals surface area contributed by atoms with Gasteiger partial charge in [-0.3, -0.25) is 4.79 Å². The van der Waals surface area contributed by atoms with Crippen molar-refractivity contribution >= 4 is 5.78 Å². The van der Waals surface area contributed by atoms with Gasteiger partial charge in [-0.15, -0.1) is 0 Å². The topological polar surface area (TPSA) is 55.8 Å². The van der Waals surface area contributed by atoms with Crippen molar-refractivity contribution in [1.82, 2.24) is 0 Å². The van der Waals surface area contributed by atoms with Crippen LogP contribution in [0.1, 0.15) is 6.92 Å². The molecule has 4 nitrogen and oxygen atoms in total. The van der Waals surface area contributed by atoms with Gasteiger partial charge in [-0.2, -0.15) is 0 Å². The number of para-hydroxylation sites is 1. The van der Waals surface area contributed by atoms with Crippen LogP contribution in [0.3, 0.4) is 0 Å². The molecule has 0 bridgehead atoms. The molecule has 1 aromatic rings. The second-order valence-corrected chi connectivity index (χ2v) is 2.78. The summed E-state index contributed by atoms with van der Waals surface area (Å²) in [6.45, 7) is 1.37. The summed E-state index contributed by atoms with van der Waals surface area (Å²) >= 11 is 0. The molecule has 1 unspecified atom stereocenters.